The maximum atomic E-state index is 4.43. The molecule has 2 heterocycles. The third-order valence-electron chi connectivity index (χ3n) is 3.99. The molecule has 0 radical (unpaired) electrons. The van der Waals surface area contributed by atoms with E-state index in [4.69, 9.17) is 0 Å². The summed E-state index contributed by atoms with van der Waals surface area (Å²) in [6.45, 7) is 13.2. The van der Waals surface area contributed by atoms with Gasteiger partial charge in [-0.05, 0) is 50.9 Å². The first-order chi connectivity index (χ1) is 9.69. The van der Waals surface area contributed by atoms with Crippen LogP contribution in [-0.2, 0) is 13.1 Å². The molecule has 122 valence electrons. The van der Waals surface area contributed by atoms with E-state index in [0.717, 1.165) is 31.4 Å². The largest absolute Gasteiger partial charge is 0.317 e. The number of likely N-dealkylation sites (tertiary alicyclic amines) is 1. The molecule has 1 N–H and O–H groups in total. The van der Waals surface area contributed by atoms with E-state index in [0.29, 0.717) is 5.92 Å². The minimum atomic E-state index is 0. The highest BCUT2D eigenvalue weighted by Crippen LogP contribution is 2.18. The lowest BCUT2D eigenvalue weighted by Gasteiger charge is -2.31. The minimum absolute atomic E-state index is 0. The first kappa shape index (κ1) is 18.4. The minimum Gasteiger partial charge on any atom is -0.317 e. The monoisotopic (exact) mass is 315 g/mol. The van der Waals surface area contributed by atoms with Crippen LogP contribution >= 0.6 is 12.4 Å². The molecule has 1 saturated heterocycles. The highest BCUT2D eigenvalue weighted by molar-refractivity contribution is 5.85. The quantitative estimate of drug-likeness (QED) is 0.837. The molecule has 1 aliphatic rings. The Morgan fingerprint density at radius 1 is 1.33 bits per heavy atom. The lowest BCUT2D eigenvalue weighted by atomic mass is 9.97. The molecular weight excluding hydrogens is 286 g/mol. The van der Waals surface area contributed by atoms with Gasteiger partial charge in [-0.3, -0.25) is 4.90 Å². The van der Waals surface area contributed by atoms with Crippen molar-refractivity contribution in [1.82, 2.24) is 25.0 Å². The molecule has 0 unspecified atom stereocenters. The van der Waals surface area contributed by atoms with Gasteiger partial charge in [0.1, 0.15) is 12.2 Å². The second-order valence-electron chi connectivity index (χ2n) is 6.28. The predicted molar refractivity (Wildman–Crippen MR) is 88.7 cm³/mol. The Bertz CT molecular complexity index is 385. The van der Waals surface area contributed by atoms with Crippen molar-refractivity contribution in [3.8, 4) is 0 Å². The average Bonchev–Trinajstić information content (AvgIpc) is 2.84. The van der Waals surface area contributed by atoms with Crippen molar-refractivity contribution in [1.29, 1.82) is 0 Å². The van der Waals surface area contributed by atoms with Gasteiger partial charge in [-0.1, -0.05) is 20.8 Å². The van der Waals surface area contributed by atoms with Crippen LogP contribution in [0, 0.1) is 11.8 Å². The van der Waals surface area contributed by atoms with Gasteiger partial charge >= 0.3 is 0 Å². The Hall–Kier alpha value is -0.650. The van der Waals surface area contributed by atoms with E-state index in [1.165, 1.54) is 32.5 Å². The number of hydrogen-bond acceptors (Lipinski definition) is 4. The number of aromatic nitrogens is 3. The Morgan fingerprint density at radius 2 is 2.05 bits per heavy atom. The molecule has 1 fully saturated rings. The van der Waals surface area contributed by atoms with E-state index in [-0.39, 0.29) is 12.4 Å². The molecule has 1 aromatic rings. The summed E-state index contributed by atoms with van der Waals surface area (Å²) in [6, 6.07) is 0. The summed E-state index contributed by atoms with van der Waals surface area (Å²) >= 11 is 0. The Kier molecular flexibility index (Phi) is 8.22. The van der Waals surface area contributed by atoms with E-state index >= 15 is 0 Å². The zero-order chi connectivity index (χ0) is 14.4. The topological polar surface area (TPSA) is 46.0 Å². The van der Waals surface area contributed by atoms with Crippen molar-refractivity contribution < 1.29 is 0 Å². The Labute approximate surface area is 134 Å². The van der Waals surface area contributed by atoms with Crippen molar-refractivity contribution in [3.05, 3.63) is 12.2 Å². The van der Waals surface area contributed by atoms with Crippen LogP contribution in [0.15, 0.2) is 6.33 Å². The van der Waals surface area contributed by atoms with Gasteiger partial charge < -0.3 is 5.32 Å². The van der Waals surface area contributed by atoms with Gasteiger partial charge in [0, 0.05) is 6.54 Å². The standard InChI is InChI=1S/C15H29N5.ClH/c1-4-16-9-14-5-7-19(8-6-14)11-15-17-12-18-20(15)10-13(2)3;/h12-14,16H,4-11H2,1-3H3;1H. The molecule has 0 bridgehead atoms. The molecule has 6 heteroatoms. The lowest BCUT2D eigenvalue weighted by molar-refractivity contribution is 0.169. The molecule has 0 aliphatic carbocycles. The van der Waals surface area contributed by atoms with Crippen LogP contribution in [0.3, 0.4) is 0 Å². The molecule has 1 aliphatic heterocycles. The summed E-state index contributed by atoms with van der Waals surface area (Å²) in [4.78, 5) is 6.95. The number of piperidine rings is 1. The van der Waals surface area contributed by atoms with Crippen LogP contribution in [0.1, 0.15) is 39.4 Å². The summed E-state index contributed by atoms with van der Waals surface area (Å²) in [5.41, 5.74) is 0. The molecule has 0 spiro atoms. The number of hydrogen-bond donors (Lipinski definition) is 1. The van der Waals surface area contributed by atoms with Gasteiger partial charge in [-0.2, -0.15) is 5.10 Å². The summed E-state index contributed by atoms with van der Waals surface area (Å²) in [5.74, 6) is 2.57. The predicted octanol–water partition coefficient (Wildman–Crippen LogP) is 2.18. The smallest absolute Gasteiger partial charge is 0.141 e. The van der Waals surface area contributed by atoms with Crippen LogP contribution < -0.4 is 5.32 Å². The zero-order valence-corrected chi connectivity index (χ0v) is 14.4. The maximum Gasteiger partial charge on any atom is 0.141 e. The molecule has 5 nitrogen and oxygen atoms in total. The summed E-state index contributed by atoms with van der Waals surface area (Å²) in [6.07, 6.45) is 4.28. The maximum absolute atomic E-state index is 4.43. The number of rotatable bonds is 7. The molecule has 0 amide bonds. The van der Waals surface area contributed by atoms with Crippen molar-refractivity contribution in [2.45, 2.75) is 46.7 Å². The van der Waals surface area contributed by atoms with Crippen molar-refractivity contribution in [2.75, 3.05) is 26.2 Å². The Morgan fingerprint density at radius 3 is 2.67 bits per heavy atom. The highest BCUT2D eigenvalue weighted by Gasteiger charge is 2.20. The third-order valence-corrected chi connectivity index (χ3v) is 3.99. The van der Waals surface area contributed by atoms with Gasteiger partial charge in [-0.15, -0.1) is 12.4 Å². The van der Waals surface area contributed by atoms with Gasteiger partial charge in [0.05, 0.1) is 6.54 Å². The van der Waals surface area contributed by atoms with Crippen molar-refractivity contribution in [3.63, 3.8) is 0 Å². The number of nitrogens with one attached hydrogen (secondary N) is 1. The van der Waals surface area contributed by atoms with Crippen LogP contribution in [0.2, 0.25) is 0 Å². The number of nitrogens with zero attached hydrogens (tertiary/aromatic N) is 4. The summed E-state index contributed by atoms with van der Waals surface area (Å²) in [7, 11) is 0. The van der Waals surface area contributed by atoms with Crippen LogP contribution in [0.5, 0.6) is 0 Å². The van der Waals surface area contributed by atoms with Crippen molar-refractivity contribution in [2.24, 2.45) is 11.8 Å². The van der Waals surface area contributed by atoms with Crippen molar-refractivity contribution >= 4 is 12.4 Å². The second kappa shape index (κ2) is 9.38. The molecule has 0 saturated carbocycles. The van der Waals surface area contributed by atoms with Crippen LogP contribution in [0.25, 0.3) is 0 Å². The normalized spacial score (nSPS) is 17.1. The fourth-order valence-electron chi connectivity index (χ4n) is 2.81. The van der Waals surface area contributed by atoms with Gasteiger partial charge in [0.15, 0.2) is 0 Å². The fourth-order valence-corrected chi connectivity index (χ4v) is 2.81. The molecule has 2 rings (SSSR count). The summed E-state index contributed by atoms with van der Waals surface area (Å²) in [5, 5.41) is 7.81. The first-order valence-electron chi connectivity index (χ1n) is 7.98. The van der Waals surface area contributed by atoms with Gasteiger partial charge in [0.25, 0.3) is 0 Å². The molecule has 0 aromatic carbocycles. The second-order valence-corrected chi connectivity index (χ2v) is 6.28. The van der Waals surface area contributed by atoms with E-state index in [9.17, 15) is 0 Å². The molecule has 1 aromatic heterocycles. The molecule has 21 heavy (non-hydrogen) atoms. The van der Waals surface area contributed by atoms with Crippen LogP contribution in [-0.4, -0.2) is 45.8 Å². The fraction of sp³-hybridized carbons (Fsp3) is 0.867. The first-order valence-corrected chi connectivity index (χ1v) is 7.98. The average molecular weight is 316 g/mol. The van der Waals surface area contributed by atoms with E-state index < -0.39 is 0 Å². The lowest BCUT2D eigenvalue weighted by Crippen LogP contribution is -2.37. The molecular formula is C15H30ClN5. The SMILES string of the molecule is CCNCC1CCN(Cc2ncnn2CC(C)C)CC1.Cl. The Balaban J connectivity index is 0.00000220. The van der Waals surface area contributed by atoms with E-state index in [2.05, 4.69) is 45.8 Å². The zero-order valence-electron chi connectivity index (χ0n) is 13.6. The van der Waals surface area contributed by atoms with Crippen LogP contribution in [0.4, 0.5) is 0 Å². The molecule has 0 atom stereocenters. The van der Waals surface area contributed by atoms with E-state index in [1.807, 2.05) is 0 Å². The van der Waals surface area contributed by atoms with Gasteiger partial charge in [0.2, 0.25) is 0 Å². The van der Waals surface area contributed by atoms with Gasteiger partial charge in [-0.25, -0.2) is 9.67 Å². The summed E-state index contributed by atoms with van der Waals surface area (Å²) < 4.78 is 2.06. The highest BCUT2D eigenvalue weighted by atomic mass is 35.5. The third kappa shape index (κ3) is 5.93. The van der Waals surface area contributed by atoms with E-state index in [1.54, 1.807) is 6.33 Å². The number of halogens is 1.